The molecule has 0 aromatic rings. The highest BCUT2D eigenvalue weighted by Crippen LogP contribution is 2.36. The minimum absolute atomic E-state index is 0.584. The zero-order chi connectivity index (χ0) is 8.32. The van der Waals surface area contributed by atoms with E-state index in [1.165, 1.54) is 32.1 Å². The standard InChI is InChI=1S/C10H19Cl/c1-10(2)6-3-4-9(8-11)5-7-10/h9H,3-8H2,1-2H3. The average molecular weight is 175 g/mol. The van der Waals surface area contributed by atoms with Gasteiger partial charge in [-0.05, 0) is 37.0 Å². The van der Waals surface area contributed by atoms with E-state index in [2.05, 4.69) is 13.8 Å². The van der Waals surface area contributed by atoms with E-state index >= 15 is 0 Å². The molecule has 1 atom stereocenters. The van der Waals surface area contributed by atoms with E-state index in [1.54, 1.807) is 0 Å². The van der Waals surface area contributed by atoms with E-state index < -0.39 is 0 Å². The molecule has 0 nitrogen and oxygen atoms in total. The molecule has 1 rings (SSSR count). The molecule has 1 aliphatic rings. The second-order valence-electron chi connectivity index (χ2n) is 4.62. The minimum atomic E-state index is 0.584. The zero-order valence-corrected chi connectivity index (χ0v) is 8.45. The zero-order valence-electron chi connectivity index (χ0n) is 7.70. The van der Waals surface area contributed by atoms with Crippen molar-refractivity contribution >= 4 is 11.6 Å². The van der Waals surface area contributed by atoms with E-state index in [4.69, 9.17) is 11.6 Å². The fraction of sp³-hybridized carbons (Fsp3) is 1.00. The molecule has 0 amide bonds. The van der Waals surface area contributed by atoms with Gasteiger partial charge in [0.05, 0.1) is 0 Å². The molecule has 0 spiro atoms. The lowest BCUT2D eigenvalue weighted by Crippen LogP contribution is -2.09. The van der Waals surface area contributed by atoms with Gasteiger partial charge in [0.2, 0.25) is 0 Å². The predicted octanol–water partition coefficient (Wildman–Crippen LogP) is 3.83. The van der Waals surface area contributed by atoms with Crippen LogP contribution in [0, 0.1) is 11.3 Å². The van der Waals surface area contributed by atoms with Crippen LogP contribution in [0.3, 0.4) is 0 Å². The van der Waals surface area contributed by atoms with Crippen LogP contribution in [-0.2, 0) is 0 Å². The van der Waals surface area contributed by atoms with Crippen molar-refractivity contribution in [2.45, 2.75) is 46.0 Å². The molecule has 1 fully saturated rings. The normalized spacial score (nSPS) is 31.4. The van der Waals surface area contributed by atoms with Crippen LogP contribution in [0.4, 0.5) is 0 Å². The molecule has 66 valence electrons. The maximum atomic E-state index is 5.85. The van der Waals surface area contributed by atoms with Gasteiger partial charge in [-0.15, -0.1) is 11.6 Å². The van der Waals surface area contributed by atoms with Gasteiger partial charge in [-0.3, -0.25) is 0 Å². The first kappa shape index (κ1) is 9.38. The molecule has 1 unspecified atom stereocenters. The lowest BCUT2D eigenvalue weighted by molar-refractivity contribution is 0.310. The lowest BCUT2D eigenvalue weighted by Gasteiger charge is -2.21. The van der Waals surface area contributed by atoms with Crippen molar-refractivity contribution in [3.05, 3.63) is 0 Å². The average Bonchev–Trinajstić information content (AvgIpc) is 2.10. The summed E-state index contributed by atoms with van der Waals surface area (Å²) in [5.41, 5.74) is 0.584. The molecular weight excluding hydrogens is 156 g/mol. The van der Waals surface area contributed by atoms with Gasteiger partial charge in [-0.2, -0.15) is 0 Å². The topological polar surface area (TPSA) is 0 Å². The maximum Gasteiger partial charge on any atom is 0.0251 e. The Morgan fingerprint density at radius 2 is 2.00 bits per heavy atom. The Morgan fingerprint density at radius 1 is 1.27 bits per heavy atom. The van der Waals surface area contributed by atoms with E-state index in [1.807, 2.05) is 0 Å². The van der Waals surface area contributed by atoms with Crippen LogP contribution >= 0.6 is 11.6 Å². The summed E-state index contributed by atoms with van der Waals surface area (Å²) in [5.74, 6) is 1.68. The summed E-state index contributed by atoms with van der Waals surface area (Å²) in [7, 11) is 0. The summed E-state index contributed by atoms with van der Waals surface area (Å²) >= 11 is 5.85. The van der Waals surface area contributed by atoms with Crippen molar-refractivity contribution in [3.63, 3.8) is 0 Å². The number of hydrogen-bond acceptors (Lipinski definition) is 0. The monoisotopic (exact) mass is 174 g/mol. The third-order valence-corrected chi connectivity index (χ3v) is 3.35. The largest absolute Gasteiger partial charge is 0.126 e. The van der Waals surface area contributed by atoms with E-state index in [0.29, 0.717) is 5.41 Å². The van der Waals surface area contributed by atoms with Crippen LogP contribution in [0.15, 0.2) is 0 Å². The Morgan fingerprint density at radius 3 is 2.64 bits per heavy atom. The number of rotatable bonds is 1. The molecule has 1 heteroatoms. The van der Waals surface area contributed by atoms with Gasteiger partial charge in [0, 0.05) is 5.88 Å². The second kappa shape index (κ2) is 3.80. The summed E-state index contributed by atoms with van der Waals surface area (Å²) in [6.45, 7) is 4.76. The molecule has 0 bridgehead atoms. The van der Waals surface area contributed by atoms with Crippen LogP contribution < -0.4 is 0 Å². The van der Waals surface area contributed by atoms with Crippen molar-refractivity contribution in [1.29, 1.82) is 0 Å². The highest BCUT2D eigenvalue weighted by atomic mass is 35.5. The van der Waals surface area contributed by atoms with E-state index in [-0.39, 0.29) is 0 Å². The molecule has 11 heavy (non-hydrogen) atoms. The quantitative estimate of drug-likeness (QED) is 0.419. The van der Waals surface area contributed by atoms with Gasteiger partial charge < -0.3 is 0 Å². The first-order valence-corrected chi connectivity index (χ1v) is 5.23. The van der Waals surface area contributed by atoms with Gasteiger partial charge in [-0.25, -0.2) is 0 Å². The van der Waals surface area contributed by atoms with E-state index in [9.17, 15) is 0 Å². The van der Waals surface area contributed by atoms with Gasteiger partial charge in [0.25, 0.3) is 0 Å². The first-order chi connectivity index (χ1) is 5.14. The van der Waals surface area contributed by atoms with Crippen molar-refractivity contribution in [2.75, 3.05) is 5.88 Å². The predicted molar refractivity (Wildman–Crippen MR) is 51.1 cm³/mol. The minimum Gasteiger partial charge on any atom is -0.126 e. The molecular formula is C10H19Cl. The van der Waals surface area contributed by atoms with Crippen LogP contribution in [0.2, 0.25) is 0 Å². The first-order valence-electron chi connectivity index (χ1n) is 4.70. The number of alkyl halides is 1. The highest BCUT2D eigenvalue weighted by molar-refractivity contribution is 6.18. The van der Waals surface area contributed by atoms with Crippen molar-refractivity contribution in [2.24, 2.45) is 11.3 Å². The molecule has 0 heterocycles. The Labute approximate surface area is 75.3 Å². The summed E-state index contributed by atoms with van der Waals surface area (Å²) in [6, 6.07) is 0. The smallest absolute Gasteiger partial charge is 0.0251 e. The Hall–Kier alpha value is 0.290. The molecule has 1 aliphatic carbocycles. The molecule has 1 saturated carbocycles. The summed E-state index contributed by atoms with van der Waals surface area (Å²) in [4.78, 5) is 0. The van der Waals surface area contributed by atoms with Crippen LogP contribution in [0.5, 0.6) is 0 Å². The van der Waals surface area contributed by atoms with Crippen LogP contribution in [0.25, 0.3) is 0 Å². The molecule has 0 N–H and O–H groups in total. The number of hydrogen-bond donors (Lipinski definition) is 0. The molecule has 0 saturated heterocycles. The van der Waals surface area contributed by atoms with Gasteiger partial charge in [0.1, 0.15) is 0 Å². The van der Waals surface area contributed by atoms with Gasteiger partial charge >= 0.3 is 0 Å². The summed E-state index contributed by atoms with van der Waals surface area (Å²) < 4.78 is 0. The third kappa shape index (κ3) is 3.02. The molecule has 0 aliphatic heterocycles. The third-order valence-electron chi connectivity index (χ3n) is 2.91. The fourth-order valence-corrected chi connectivity index (χ4v) is 2.20. The van der Waals surface area contributed by atoms with Crippen molar-refractivity contribution in [3.8, 4) is 0 Å². The molecule has 0 radical (unpaired) electrons. The van der Waals surface area contributed by atoms with Crippen LogP contribution in [0.1, 0.15) is 46.0 Å². The Kier molecular flexibility index (Phi) is 3.24. The van der Waals surface area contributed by atoms with Crippen molar-refractivity contribution in [1.82, 2.24) is 0 Å². The second-order valence-corrected chi connectivity index (χ2v) is 4.92. The number of halogens is 1. The fourth-order valence-electron chi connectivity index (χ4n) is 1.89. The van der Waals surface area contributed by atoms with Crippen LogP contribution in [-0.4, -0.2) is 5.88 Å². The highest BCUT2D eigenvalue weighted by Gasteiger charge is 2.23. The molecule has 0 aromatic carbocycles. The Bertz CT molecular complexity index is 118. The summed E-state index contributed by atoms with van der Waals surface area (Å²) in [6.07, 6.45) is 6.83. The Balaban J connectivity index is 2.39. The molecule has 0 aromatic heterocycles. The van der Waals surface area contributed by atoms with E-state index in [0.717, 1.165) is 11.8 Å². The van der Waals surface area contributed by atoms with Gasteiger partial charge in [0.15, 0.2) is 0 Å². The lowest BCUT2D eigenvalue weighted by atomic mass is 9.85. The van der Waals surface area contributed by atoms with Crippen molar-refractivity contribution < 1.29 is 0 Å². The SMILES string of the molecule is CC1(C)CCCC(CCl)CC1. The maximum absolute atomic E-state index is 5.85. The summed E-state index contributed by atoms with van der Waals surface area (Å²) in [5, 5.41) is 0. The van der Waals surface area contributed by atoms with Gasteiger partial charge in [-0.1, -0.05) is 20.3 Å².